The minimum atomic E-state index is 0.169. The molecule has 0 bridgehead atoms. The molecule has 106 valence electrons. The molecule has 0 aromatic heterocycles. The summed E-state index contributed by atoms with van der Waals surface area (Å²) in [6, 6.07) is 13.2. The predicted octanol–water partition coefficient (Wildman–Crippen LogP) is 5.11. The molecule has 2 aromatic carbocycles. The van der Waals surface area contributed by atoms with E-state index in [-0.39, 0.29) is 6.04 Å². The van der Waals surface area contributed by atoms with E-state index in [1.54, 1.807) is 0 Å². The minimum Gasteiger partial charge on any atom is -0.328 e. The second kappa shape index (κ2) is 6.79. The number of rotatable bonds is 4. The van der Waals surface area contributed by atoms with E-state index >= 15 is 0 Å². The Balaban J connectivity index is 2.35. The Morgan fingerprint density at radius 3 is 2.55 bits per heavy atom. The molecule has 1 atom stereocenters. The first kappa shape index (κ1) is 15.6. The highest BCUT2D eigenvalue weighted by Crippen LogP contribution is 2.34. The summed E-state index contributed by atoms with van der Waals surface area (Å²) in [5, 5.41) is 0. The Hall–Kier alpha value is -0.770. The van der Waals surface area contributed by atoms with Gasteiger partial charge in [0.1, 0.15) is 0 Å². The van der Waals surface area contributed by atoms with Gasteiger partial charge in [-0.15, -0.1) is 0 Å². The number of aryl methyl sites for hydroxylation is 2. The summed E-state index contributed by atoms with van der Waals surface area (Å²) in [6.45, 7) is 6.34. The van der Waals surface area contributed by atoms with Crippen molar-refractivity contribution in [1.29, 1.82) is 0 Å². The van der Waals surface area contributed by atoms with Crippen LogP contribution in [-0.2, 0) is 6.42 Å². The van der Waals surface area contributed by atoms with Crippen molar-refractivity contribution in [1.82, 2.24) is 0 Å². The molecule has 2 aromatic rings. The number of nitrogens with two attached hydrogens (primary N) is 1. The normalized spacial score (nSPS) is 12.4. The van der Waals surface area contributed by atoms with E-state index in [0.29, 0.717) is 0 Å². The van der Waals surface area contributed by atoms with Gasteiger partial charge in [-0.25, -0.2) is 0 Å². The van der Waals surface area contributed by atoms with Crippen LogP contribution < -0.4 is 5.73 Å². The van der Waals surface area contributed by atoms with E-state index in [2.05, 4.69) is 66.2 Å². The van der Waals surface area contributed by atoms with Crippen LogP contribution in [0.15, 0.2) is 50.7 Å². The van der Waals surface area contributed by atoms with Crippen LogP contribution in [0.2, 0.25) is 0 Å². The van der Waals surface area contributed by atoms with Crippen LogP contribution >= 0.6 is 27.7 Å². The second-order valence-electron chi connectivity index (χ2n) is 5.30. The molecule has 0 aliphatic rings. The first-order valence-corrected chi connectivity index (χ1v) is 8.36. The van der Waals surface area contributed by atoms with E-state index < -0.39 is 0 Å². The van der Waals surface area contributed by atoms with Gasteiger partial charge in [0.2, 0.25) is 0 Å². The Bertz CT molecular complexity index is 608. The van der Waals surface area contributed by atoms with Gasteiger partial charge in [-0.1, -0.05) is 39.8 Å². The molecule has 0 aliphatic carbocycles. The van der Waals surface area contributed by atoms with E-state index in [9.17, 15) is 0 Å². The maximum atomic E-state index is 5.97. The van der Waals surface area contributed by atoms with Gasteiger partial charge in [-0.2, -0.15) is 0 Å². The minimum absolute atomic E-state index is 0.169. The molecule has 1 unspecified atom stereocenters. The monoisotopic (exact) mass is 349 g/mol. The van der Waals surface area contributed by atoms with E-state index in [0.717, 1.165) is 10.9 Å². The number of hydrogen-bond donors (Lipinski definition) is 1. The first-order chi connectivity index (χ1) is 9.45. The van der Waals surface area contributed by atoms with Crippen LogP contribution in [0.25, 0.3) is 0 Å². The smallest absolute Gasteiger partial charge is 0.0178 e. The molecule has 2 rings (SSSR count). The molecule has 0 aliphatic heterocycles. The lowest BCUT2D eigenvalue weighted by atomic mass is 10.1. The summed E-state index contributed by atoms with van der Waals surface area (Å²) in [6.07, 6.45) is 0.895. The maximum absolute atomic E-state index is 5.97. The molecule has 2 N–H and O–H groups in total. The predicted molar refractivity (Wildman–Crippen MR) is 91.5 cm³/mol. The number of benzene rings is 2. The van der Waals surface area contributed by atoms with Crippen LogP contribution in [0, 0.1) is 13.8 Å². The van der Waals surface area contributed by atoms with Gasteiger partial charge < -0.3 is 5.73 Å². The van der Waals surface area contributed by atoms with Crippen molar-refractivity contribution in [3.8, 4) is 0 Å². The average molecular weight is 350 g/mol. The molecule has 3 heteroatoms. The number of halogens is 1. The molecule has 1 nitrogen and oxygen atoms in total. The van der Waals surface area contributed by atoms with E-state index in [1.807, 2.05) is 18.7 Å². The fourth-order valence-electron chi connectivity index (χ4n) is 2.09. The van der Waals surface area contributed by atoms with Gasteiger partial charge in [0.05, 0.1) is 0 Å². The summed E-state index contributed by atoms with van der Waals surface area (Å²) in [7, 11) is 0. The number of hydrogen-bond acceptors (Lipinski definition) is 2. The molecule has 0 heterocycles. The second-order valence-corrected chi connectivity index (χ2v) is 7.30. The fourth-order valence-corrected chi connectivity index (χ4v) is 3.62. The molecular weight excluding hydrogens is 330 g/mol. The molecule has 0 radical (unpaired) electrons. The average Bonchev–Trinajstić information content (AvgIpc) is 2.36. The van der Waals surface area contributed by atoms with Crippen LogP contribution in [0.4, 0.5) is 0 Å². The lowest BCUT2D eigenvalue weighted by Crippen LogP contribution is -2.18. The van der Waals surface area contributed by atoms with Gasteiger partial charge in [-0.3, -0.25) is 0 Å². The highest BCUT2D eigenvalue weighted by molar-refractivity contribution is 9.10. The van der Waals surface area contributed by atoms with Gasteiger partial charge in [-0.05, 0) is 68.1 Å². The molecule has 0 fully saturated rings. The summed E-state index contributed by atoms with van der Waals surface area (Å²) in [5.74, 6) is 0. The highest BCUT2D eigenvalue weighted by Gasteiger charge is 2.09. The van der Waals surface area contributed by atoms with Crippen molar-refractivity contribution in [3.63, 3.8) is 0 Å². The van der Waals surface area contributed by atoms with Crippen molar-refractivity contribution in [2.45, 2.75) is 43.0 Å². The van der Waals surface area contributed by atoms with Crippen LogP contribution in [0.1, 0.15) is 23.6 Å². The zero-order valence-electron chi connectivity index (χ0n) is 12.1. The standard InChI is InChI=1S/C17H20BrNS/c1-11-4-5-12(2)17(8-11)20-16-7-6-15(18)10-14(16)9-13(3)19/h4-8,10,13H,9,19H2,1-3H3. The van der Waals surface area contributed by atoms with E-state index in [1.165, 1.54) is 26.5 Å². The zero-order chi connectivity index (χ0) is 14.7. The van der Waals surface area contributed by atoms with Crippen molar-refractivity contribution in [3.05, 3.63) is 57.6 Å². The molecule has 0 saturated heterocycles. The summed E-state index contributed by atoms with van der Waals surface area (Å²) in [5.41, 5.74) is 9.88. The molecule has 20 heavy (non-hydrogen) atoms. The van der Waals surface area contributed by atoms with Crippen LogP contribution in [0.3, 0.4) is 0 Å². The summed E-state index contributed by atoms with van der Waals surface area (Å²) >= 11 is 5.38. The highest BCUT2D eigenvalue weighted by atomic mass is 79.9. The zero-order valence-corrected chi connectivity index (χ0v) is 14.5. The van der Waals surface area contributed by atoms with Crippen molar-refractivity contribution < 1.29 is 0 Å². The van der Waals surface area contributed by atoms with Gasteiger partial charge in [0.25, 0.3) is 0 Å². The third-order valence-corrected chi connectivity index (χ3v) is 4.90. The first-order valence-electron chi connectivity index (χ1n) is 6.75. The van der Waals surface area contributed by atoms with Gasteiger partial charge in [0.15, 0.2) is 0 Å². The quantitative estimate of drug-likeness (QED) is 0.830. The molecule has 0 amide bonds. The fraction of sp³-hybridized carbons (Fsp3) is 0.294. The largest absolute Gasteiger partial charge is 0.328 e. The summed E-state index contributed by atoms with van der Waals surface area (Å²) in [4.78, 5) is 2.61. The molecular formula is C17H20BrNS. The Labute approximate surface area is 134 Å². The van der Waals surface area contributed by atoms with Crippen molar-refractivity contribution in [2.75, 3.05) is 0 Å². The van der Waals surface area contributed by atoms with Crippen LogP contribution in [0.5, 0.6) is 0 Å². The van der Waals surface area contributed by atoms with Crippen molar-refractivity contribution >= 4 is 27.7 Å². The SMILES string of the molecule is Cc1ccc(C)c(Sc2ccc(Br)cc2CC(C)N)c1. The third-order valence-electron chi connectivity index (χ3n) is 3.13. The van der Waals surface area contributed by atoms with E-state index in [4.69, 9.17) is 5.73 Å². The van der Waals surface area contributed by atoms with Gasteiger partial charge >= 0.3 is 0 Å². The summed E-state index contributed by atoms with van der Waals surface area (Å²) < 4.78 is 1.11. The molecule has 0 spiro atoms. The van der Waals surface area contributed by atoms with Crippen LogP contribution in [-0.4, -0.2) is 6.04 Å². The molecule has 0 saturated carbocycles. The van der Waals surface area contributed by atoms with Gasteiger partial charge in [0, 0.05) is 20.3 Å². The lowest BCUT2D eigenvalue weighted by Gasteiger charge is -2.13. The van der Waals surface area contributed by atoms with Crippen molar-refractivity contribution in [2.24, 2.45) is 5.73 Å². The Morgan fingerprint density at radius 1 is 1.10 bits per heavy atom. The topological polar surface area (TPSA) is 26.0 Å². The maximum Gasteiger partial charge on any atom is 0.0178 e. The Morgan fingerprint density at radius 2 is 1.85 bits per heavy atom. The third kappa shape index (κ3) is 4.11. The Kier molecular flexibility index (Phi) is 5.30. The lowest BCUT2D eigenvalue weighted by molar-refractivity contribution is 0.729.